The third-order valence-corrected chi connectivity index (χ3v) is 10.2. The maximum atomic E-state index is 10.9. The average molecular weight is 342 g/mol. The minimum Gasteiger partial charge on any atom is -0.465 e. The molecule has 1 N–H and O–H groups in total. The first-order valence-electron chi connectivity index (χ1n) is 8.39. The minimum atomic E-state index is -1.70. The zero-order valence-electron chi connectivity index (χ0n) is 15.1. The number of amides is 1. The van der Waals surface area contributed by atoms with Gasteiger partial charge < -0.3 is 19.2 Å². The average Bonchev–Trinajstić information content (AvgIpc) is 2.80. The van der Waals surface area contributed by atoms with Crippen molar-refractivity contribution in [3.8, 4) is 0 Å². The number of hydrogen-bond acceptors (Lipinski definition) is 3. The normalized spacial score (nSPS) is 23.9. The predicted octanol–water partition coefficient (Wildman–Crippen LogP) is 3.72. The Morgan fingerprint density at radius 3 is 2.57 bits per heavy atom. The zero-order valence-corrected chi connectivity index (χ0v) is 16.1. The van der Waals surface area contributed by atoms with E-state index in [1.807, 2.05) is 0 Å². The topological polar surface area (TPSA) is 59.0 Å². The standard InChI is InChI=1S/C17H31NO4Si/c1-13(7-8-22-23(5,6)16(2,3)4)14-9-17(21-10-14)11-18(12-17)15(19)20/h14H,1,7-12H2,2-6H3,(H,19,20). The van der Waals surface area contributed by atoms with E-state index in [9.17, 15) is 4.79 Å². The molecule has 2 fully saturated rings. The molecule has 5 nitrogen and oxygen atoms in total. The van der Waals surface area contributed by atoms with Crippen LogP contribution in [0.15, 0.2) is 12.2 Å². The Bertz CT molecular complexity index is 477. The first kappa shape index (κ1) is 18.5. The highest BCUT2D eigenvalue weighted by atomic mass is 28.4. The van der Waals surface area contributed by atoms with Crippen molar-refractivity contribution < 1.29 is 19.1 Å². The quantitative estimate of drug-likeness (QED) is 0.611. The van der Waals surface area contributed by atoms with Crippen molar-refractivity contribution in [1.82, 2.24) is 4.90 Å². The van der Waals surface area contributed by atoms with Crippen molar-refractivity contribution in [3.05, 3.63) is 12.2 Å². The molecule has 2 aliphatic heterocycles. The fraction of sp³-hybridized carbons (Fsp3) is 0.824. The maximum Gasteiger partial charge on any atom is 0.407 e. The van der Waals surface area contributed by atoms with Gasteiger partial charge in [-0.3, -0.25) is 0 Å². The maximum absolute atomic E-state index is 10.9. The summed E-state index contributed by atoms with van der Waals surface area (Å²) in [5.41, 5.74) is 0.918. The van der Waals surface area contributed by atoms with E-state index < -0.39 is 14.4 Å². The van der Waals surface area contributed by atoms with Gasteiger partial charge in [0, 0.05) is 12.5 Å². The van der Waals surface area contributed by atoms with Crippen molar-refractivity contribution in [2.75, 3.05) is 26.3 Å². The van der Waals surface area contributed by atoms with Crippen LogP contribution in [0.1, 0.15) is 33.6 Å². The summed E-state index contributed by atoms with van der Waals surface area (Å²) >= 11 is 0. The summed E-state index contributed by atoms with van der Waals surface area (Å²) in [5.74, 6) is 0.328. The van der Waals surface area contributed by atoms with Gasteiger partial charge in [0.25, 0.3) is 0 Å². The zero-order chi connectivity index (χ0) is 17.5. The van der Waals surface area contributed by atoms with Gasteiger partial charge in [0.2, 0.25) is 0 Å². The van der Waals surface area contributed by atoms with Gasteiger partial charge in [0.05, 0.1) is 19.7 Å². The molecule has 1 atom stereocenters. The van der Waals surface area contributed by atoms with Gasteiger partial charge >= 0.3 is 6.09 Å². The molecule has 0 saturated carbocycles. The second-order valence-corrected chi connectivity index (χ2v) is 13.4. The summed E-state index contributed by atoms with van der Waals surface area (Å²) < 4.78 is 12.1. The molecule has 132 valence electrons. The highest BCUT2D eigenvalue weighted by Crippen LogP contribution is 2.41. The van der Waals surface area contributed by atoms with E-state index in [1.165, 1.54) is 10.5 Å². The predicted molar refractivity (Wildman–Crippen MR) is 93.3 cm³/mol. The molecule has 2 heterocycles. The number of nitrogens with zero attached hydrogens (tertiary/aromatic N) is 1. The summed E-state index contributed by atoms with van der Waals surface area (Å²) in [6, 6.07) is 0. The third-order valence-electron chi connectivity index (χ3n) is 5.71. The lowest BCUT2D eigenvalue weighted by Gasteiger charge is -2.45. The molecular weight excluding hydrogens is 310 g/mol. The van der Waals surface area contributed by atoms with Crippen LogP contribution in [0.5, 0.6) is 0 Å². The van der Waals surface area contributed by atoms with E-state index in [1.54, 1.807) is 0 Å². The molecule has 0 aliphatic carbocycles. The fourth-order valence-corrected chi connectivity index (χ4v) is 4.01. The molecule has 0 bridgehead atoms. The first-order chi connectivity index (χ1) is 10.5. The van der Waals surface area contributed by atoms with Gasteiger partial charge in [-0.15, -0.1) is 0 Å². The lowest BCUT2D eigenvalue weighted by atomic mass is 9.84. The van der Waals surface area contributed by atoms with Crippen molar-refractivity contribution in [2.45, 2.75) is 57.3 Å². The number of ether oxygens (including phenoxy) is 1. The van der Waals surface area contributed by atoms with E-state index >= 15 is 0 Å². The number of carboxylic acid groups (broad SMARTS) is 1. The molecule has 0 aromatic heterocycles. The van der Waals surface area contributed by atoms with Crippen LogP contribution < -0.4 is 0 Å². The monoisotopic (exact) mass is 341 g/mol. The molecule has 2 aliphatic rings. The van der Waals surface area contributed by atoms with Crippen molar-refractivity contribution in [1.29, 1.82) is 0 Å². The van der Waals surface area contributed by atoms with Gasteiger partial charge in [0.15, 0.2) is 8.32 Å². The Kier molecular flexibility index (Phi) is 5.00. The van der Waals surface area contributed by atoms with Gasteiger partial charge in [-0.2, -0.15) is 0 Å². The van der Waals surface area contributed by atoms with E-state index in [4.69, 9.17) is 14.3 Å². The van der Waals surface area contributed by atoms with Crippen molar-refractivity contribution in [2.24, 2.45) is 5.92 Å². The minimum absolute atomic E-state index is 0.223. The lowest BCUT2D eigenvalue weighted by molar-refractivity contribution is -0.0981. The summed E-state index contributed by atoms with van der Waals surface area (Å²) in [6.45, 7) is 17.8. The number of rotatable bonds is 5. The van der Waals surface area contributed by atoms with Crippen LogP contribution in [0.4, 0.5) is 4.79 Å². The molecule has 23 heavy (non-hydrogen) atoms. The molecule has 2 saturated heterocycles. The van der Waals surface area contributed by atoms with Crippen molar-refractivity contribution >= 4 is 14.4 Å². The van der Waals surface area contributed by atoms with Crippen LogP contribution >= 0.6 is 0 Å². The van der Waals surface area contributed by atoms with Gasteiger partial charge in [-0.05, 0) is 31.0 Å². The first-order valence-corrected chi connectivity index (χ1v) is 11.3. The Morgan fingerprint density at radius 1 is 1.43 bits per heavy atom. The van der Waals surface area contributed by atoms with Crippen LogP contribution in [0, 0.1) is 5.92 Å². The summed E-state index contributed by atoms with van der Waals surface area (Å²) in [7, 11) is -1.70. The molecule has 6 heteroatoms. The lowest BCUT2D eigenvalue weighted by Crippen LogP contribution is -2.62. The van der Waals surface area contributed by atoms with Crippen LogP contribution in [-0.4, -0.2) is 56.3 Å². The highest BCUT2D eigenvalue weighted by molar-refractivity contribution is 6.74. The SMILES string of the molecule is C=C(CCO[Si](C)(C)C(C)(C)C)C1COC2(C1)CN(C(=O)O)C2. The van der Waals surface area contributed by atoms with Crippen LogP contribution in [0.25, 0.3) is 0 Å². The Balaban J connectivity index is 1.75. The molecule has 1 unspecified atom stereocenters. The number of hydrogen-bond donors (Lipinski definition) is 1. The Morgan fingerprint density at radius 2 is 2.04 bits per heavy atom. The second kappa shape index (κ2) is 6.22. The van der Waals surface area contributed by atoms with Gasteiger partial charge in [0.1, 0.15) is 5.60 Å². The molecule has 0 radical (unpaired) electrons. The van der Waals surface area contributed by atoms with Gasteiger partial charge in [-0.1, -0.05) is 32.9 Å². The molecule has 0 aromatic carbocycles. The number of likely N-dealkylation sites (tertiary alicyclic amines) is 1. The highest BCUT2D eigenvalue weighted by Gasteiger charge is 2.51. The molecular formula is C17H31NO4Si. The number of carbonyl (C=O) groups is 1. The van der Waals surface area contributed by atoms with E-state index in [0.717, 1.165) is 19.4 Å². The molecule has 0 aromatic rings. The smallest absolute Gasteiger partial charge is 0.407 e. The molecule has 2 rings (SSSR count). The summed E-state index contributed by atoms with van der Waals surface area (Å²) in [4.78, 5) is 12.3. The Labute approximate surface area is 140 Å². The summed E-state index contributed by atoms with van der Waals surface area (Å²) in [5, 5.41) is 9.17. The van der Waals surface area contributed by atoms with Crippen LogP contribution in [0.3, 0.4) is 0 Å². The van der Waals surface area contributed by atoms with Crippen LogP contribution in [0.2, 0.25) is 18.1 Å². The van der Waals surface area contributed by atoms with Gasteiger partial charge in [-0.25, -0.2) is 4.79 Å². The van der Waals surface area contributed by atoms with E-state index in [0.29, 0.717) is 25.6 Å². The molecule has 1 spiro atoms. The van der Waals surface area contributed by atoms with Crippen LogP contribution in [-0.2, 0) is 9.16 Å². The third kappa shape index (κ3) is 3.98. The summed E-state index contributed by atoms with van der Waals surface area (Å²) in [6.07, 6.45) is 0.888. The van der Waals surface area contributed by atoms with E-state index in [-0.39, 0.29) is 10.6 Å². The van der Waals surface area contributed by atoms with Crippen molar-refractivity contribution in [3.63, 3.8) is 0 Å². The second-order valence-electron chi connectivity index (χ2n) is 8.55. The fourth-order valence-electron chi connectivity index (χ4n) is 2.97. The Hall–Kier alpha value is -0.853. The molecule has 1 amide bonds. The largest absolute Gasteiger partial charge is 0.465 e. The van der Waals surface area contributed by atoms with E-state index in [2.05, 4.69) is 40.4 Å².